The third-order valence-electron chi connectivity index (χ3n) is 3.02. The van der Waals surface area contributed by atoms with Crippen LogP contribution in [0.1, 0.15) is 18.1 Å². The van der Waals surface area contributed by atoms with E-state index < -0.39 is 0 Å². The number of benzene rings is 1. The van der Waals surface area contributed by atoms with Crippen molar-refractivity contribution in [1.82, 2.24) is 4.98 Å². The van der Waals surface area contributed by atoms with Crippen molar-refractivity contribution in [2.45, 2.75) is 20.5 Å². The number of para-hydroxylation sites is 1. The molecule has 94 valence electrons. The first-order valence-electron chi connectivity index (χ1n) is 6.15. The molecule has 0 saturated carbocycles. The van der Waals surface area contributed by atoms with E-state index in [0.717, 1.165) is 23.6 Å². The van der Waals surface area contributed by atoms with Crippen molar-refractivity contribution in [3.63, 3.8) is 0 Å². The van der Waals surface area contributed by atoms with Gasteiger partial charge in [-0.05, 0) is 31.5 Å². The van der Waals surface area contributed by atoms with E-state index in [9.17, 15) is 5.11 Å². The summed E-state index contributed by atoms with van der Waals surface area (Å²) < 4.78 is 0. The summed E-state index contributed by atoms with van der Waals surface area (Å²) in [6.45, 7) is 4.99. The number of aryl methyl sites for hydroxylation is 1. The van der Waals surface area contributed by atoms with Crippen LogP contribution in [0.25, 0.3) is 0 Å². The van der Waals surface area contributed by atoms with Crippen LogP contribution in [0, 0.1) is 6.92 Å². The summed E-state index contributed by atoms with van der Waals surface area (Å²) in [5.41, 5.74) is 3.19. The third-order valence-corrected chi connectivity index (χ3v) is 3.02. The van der Waals surface area contributed by atoms with E-state index >= 15 is 0 Å². The van der Waals surface area contributed by atoms with Crippen LogP contribution in [0.3, 0.4) is 0 Å². The topological polar surface area (TPSA) is 36.4 Å². The first kappa shape index (κ1) is 12.6. The molecule has 1 heterocycles. The van der Waals surface area contributed by atoms with Gasteiger partial charge in [-0.25, -0.2) is 4.98 Å². The summed E-state index contributed by atoms with van der Waals surface area (Å²) in [5, 5.41) is 9.41. The number of pyridine rings is 1. The summed E-state index contributed by atoms with van der Waals surface area (Å²) in [6, 6.07) is 12.0. The molecule has 0 unspecified atom stereocenters. The molecule has 1 aromatic carbocycles. The van der Waals surface area contributed by atoms with Crippen LogP contribution in [0.5, 0.6) is 0 Å². The number of nitrogens with zero attached hydrogens (tertiary/aromatic N) is 2. The van der Waals surface area contributed by atoms with E-state index in [1.165, 1.54) is 5.56 Å². The Morgan fingerprint density at radius 3 is 2.61 bits per heavy atom. The monoisotopic (exact) mass is 242 g/mol. The molecule has 2 aromatic rings. The van der Waals surface area contributed by atoms with Crippen LogP contribution in [-0.2, 0) is 6.61 Å². The molecule has 1 N–H and O–H groups in total. The Hall–Kier alpha value is -1.87. The lowest BCUT2D eigenvalue weighted by Crippen LogP contribution is -2.20. The van der Waals surface area contributed by atoms with Crippen molar-refractivity contribution in [2.24, 2.45) is 0 Å². The molecule has 3 heteroatoms. The van der Waals surface area contributed by atoms with Crippen molar-refractivity contribution in [3.05, 3.63) is 53.7 Å². The first-order chi connectivity index (χ1) is 8.77. The molecular weight excluding hydrogens is 224 g/mol. The van der Waals surface area contributed by atoms with E-state index in [1.54, 1.807) is 6.20 Å². The fraction of sp³-hybridized carbons (Fsp3) is 0.267. The van der Waals surface area contributed by atoms with Gasteiger partial charge < -0.3 is 10.0 Å². The Morgan fingerprint density at radius 2 is 1.94 bits per heavy atom. The van der Waals surface area contributed by atoms with Gasteiger partial charge in [0.2, 0.25) is 0 Å². The van der Waals surface area contributed by atoms with Crippen molar-refractivity contribution in [3.8, 4) is 0 Å². The van der Waals surface area contributed by atoms with E-state index in [4.69, 9.17) is 0 Å². The van der Waals surface area contributed by atoms with Gasteiger partial charge in [0.05, 0.1) is 6.61 Å². The molecule has 0 amide bonds. The number of aliphatic hydroxyl groups excluding tert-OH is 1. The Bertz CT molecular complexity index is 525. The lowest BCUT2D eigenvalue weighted by Gasteiger charge is -2.25. The molecule has 0 atom stereocenters. The number of hydrogen-bond donors (Lipinski definition) is 1. The maximum Gasteiger partial charge on any atom is 0.138 e. The van der Waals surface area contributed by atoms with Gasteiger partial charge in [0.25, 0.3) is 0 Å². The smallest absolute Gasteiger partial charge is 0.138 e. The van der Waals surface area contributed by atoms with Crippen LogP contribution in [0.2, 0.25) is 0 Å². The standard InChI is InChI=1S/C15H18N2O/c1-3-17(14-9-5-4-7-12(14)2)15-13(11-18)8-6-10-16-15/h4-10,18H,3,11H2,1-2H3. The predicted molar refractivity (Wildman–Crippen MR) is 74.0 cm³/mol. The van der Waals surface area contributed by atoms with E-state index in [-0.39, 0.29) is 6.61 Å². The number of hydrogen-bond acceptors (Lipinski definition) is 3. The van der Waals surface area contributed by atoms with Crippen molar-refractivity contribution in [2.75, 3.05) is 11.4 Å². The Labute approximate surface area is 108 Å². The molecule has 0 spiro atoms. The highest BCUT2D eigenvalue weighted by atomic mass is 16.3. The fourth-order valence-electron chi connectivity index (χ4n) is 2.10. The van der Waals surface area contributed by atoms with E-state index in [1.807, 2.05) is 24.3 Å². The molecule has 2 rings (SSSR count). The molecule has 0 bridgehead atoms. The van der Waals surface area contributed by atoms with Gasteiger partial charge in [-0.3, -0.25) is 0 Å². The minimum atomic E-state index is 0.00551. The zero-order valence-electron chi connectivity index (χ0n) is 10.8. The van der Waals surface area contributed by atoms with Gasteiger partial charge in [0, 0.05) is 24.0 Å². The highest BCUT2D eigenvalue weighted by molar-refractivity contribution is 5.65. The summed E-state index contributed by atoms with van der Waals surface area (Å²) in [7, 11) is 0. The second kappa shape index (κ2) is 5.65. The second-order valence-electron chi connectivity index (χ2n) is 4.17. The van der Waals surface area contributed by atoms with Gasteiger partial charge in [0.15, 0.2) is 0 Å². The Kier molecular flexibility index (Phi) is 3.95. The maximum atomic E-state index is 9.41. The lowest BCUT2D eigenvalue weighted by molar-refractivity contribution is 0.282. The van der Waals surface area contributed by atoms with Crippen LogP contribution in [-0.4, -0.2) is 16.6 Å². The van der Waals surface area contributed by atoms with E-state index in [0.29, 0.717) is 0 Å². The van der Waals surface area contributed by atoms with Gasteiger partial charge in [-0.1, -0.05) is 24.3 Å². The average Bonchev–Trinajstić information content (AvgIpc) is 2.42. The average molecular weight is 242 g/mol. The summed E-state index contributed by atoms with van der Waals surface area (Å²) in [6.07, 6.45) is 1.76. The molecule has 0 saturated heterocycles. The minimum Gasteiger partial charge on any atom is -0.392 e. The highest BCUT2D eigenvalue weighted by Crippen LogP contribution is 2.28. The van der Waals surface area contributed by atoms with Crippen molar-refractivity contribution in [1.29, 1.82) is 0 Å². The summed E-state index contributed by atoms with van der Waals surface area (Å²) in [5.74, 6) is 0.830. The normalized spacial score (nSPS) is 10.4. The Balaban J connectivity index is 2.49. The molecule has 0 radical (unpaired) electrons. The molecule has 3 nitrogen and oxygen atoms in total. The van der Waals surface area contributed by atoms with E-state index in [2.05, 4.69) is 35.9 Å². The summed E-state index contributed by atoms with van der Waals surface area (Å²) >= 11 is 0. The zero-order chi connectivity index (χ0) is 13.0. The van der Waals surface area contributed by atoms with Crippen LogP contribution < -0.4 is 4.90 Å². The predicted octanol–water partition coefficient (Wildman–Crippen LogP) is 3.04. The lowest BCUT2D eigenvalue weighted by atomic mass is 10.1. The molecular formula is C15H18N2O. The van der Waals surface area contributed by atoms with Crippen LogP contribution in [0.4, 0.5) is 11.5 Å². The van der Waals surface area contributed by atoms with Crippen molar-refractivity contribution < 1.29 is 5.11 Å². The largest absolute Gasteiger partial charge is 0.392 e. The van der Waals surface area contributed by atoms with Crippen molar-refractivity contribution >= 4 is 11.5 Å². The molecule has 0 fully saturated rings. The number of aliphatic hydroxyl groups is 1. The summed E-state index contributed by atoms with van der Waals surface area (Å²) in [4.78, 5) is 6.53. The van der Waals surface area contributed by atoms with Crippen LogP contribution in [0.15, 0.2) is 42.6 Å². The quantitative estimate of drug-likeness (QED) is 0.895. The van der Waals surface area contributed by atoms with Gasteiger partial charge in [0.1, 0.15) is 5.82 Å². The maximum absolute atomic E-state index is 9.41. The Morgan fingerprint density at radius 1 is 1.17 bits per heavy atom. The molecule has 1 aromatic heterocycles. The molecule has 0 aliphatic carbocycles. The van der Waals surface area contributed by atoms with Crippen LogP contribution >= 0.6 is 0 Å². The first-order valence-corrected chi connectivity index (χ1v) is 6.15. The molecule has 0 aliphatic rings. The molecule has 0 aliphatic heterocycles. The second-order valence-corrected chi connectivity index (χ2v) is 4.17. The zero-order valence-corrected chi connectivity index (χ0v) is 10.8. The number of anilines is 2. The van der Waals surface area contributed by atoms with Gasteiger partial charge in [-0.2, -0.15) is 0 Å². The SMILES string of the molecule is CCN(c1ccccc1C)c1ncccc1CO. The third kappa shape index (κ3) is 2.36. The number of aromatic nitrogens is 1. The fourth-order valence-corrected chi connectivity index (χ4v) is 2.10. The number of rotatable bonds is 4. The highest BCUT2D eigenvalue weighted by Gasteiger charge is 2.13. The van der Waals surface area contributed by atoms with Gasteiger partial charge >= 0.3 is 0 Å². The van der Waals surface area contributed by atoms with Gasteiger partial charge in [-0.15, -0.1) is 0 Å². The molecule has 18 heavy (non-hydrogen) atoms. The minimum absolute atomic E-state index is 0.00551.